The number of rotatable bonds is 3. The molecule has 6 heteroatoms. The molecule has 0 spiro atoms. The first kappa shape index (κ1) is 15.5. The first-order chi connectivity index (χ1) is 9.93. The average molecular weight is 325 g/mol. The van der Waals surface area contributed by atoms with Crippen LogP contribution in [-0.2, 0) is 0 Å². The third-order valence-electron chi connectivity index (χ3n) is 3.00. The van der Waals surface area contributed by atoms with Crippen molar-refractivity contribution in [3.8, 4) is 5.75 Å². The minimum Gasteiger partial charge on any atom is -0.496 e. The van der Waals surface area contributed by atoms with Gasteiger partial charge in [-0.05, 0) is 36.8 Å². The number of nitrogens with one attached hydrogen (secondary N) is 1. The van der Waals surface area contributed by atoms with Gasteiger partial charge < -0.3 is 15.8 Å². The summed E-state index contributed by atoms with van der Waals surface area (Å²) in [4.78, 5) is 12.4. The van der Waals surface area contributed by atoms with E-state index >= 15 is 0 Å². The second-order valence-corrected chi connectivity index (χ2v) is 5.27. The molecule has 110 valence electrons. The van der Waals surface area contributed by atoms with Crippen molar-refractivity contribution in [3.63, 3.8) is 0 Å². The monoisotopic (exact) mass is 324 g/mol. The Balaban J connectivity index is 2.37. The summed E-state index contributed by atoms with van der Waals surface area (Å²) in [6, 6.07) is 8.28. The first-order valence-electron chi connectivity index (χ1n) is 6.13. The molecule has 2 aromatic rings. The largest absolute Gasteiger partial charge is 0.496 e. The van der Waals surface area contributed by atoms with Crippen molar-refractivity contribution in [1.82, 2.24) is 0 Å². The maximum atomic E-state index is 12.4. The van der Waals surface area contributed by atoms with Gasteiger partial charge in [-0.1, -0.05) is 29.3 Å². The summed E-state index contributed by atoms with van der Waals surface area (Å²) in [6.45, 7) is 1.83. The van der Waals surface area contributed by atoms with Crippen LogP contribution in [-0.4, -0.2) is 13.0 Å². The Labute approximate surface area is 132 Å². The molecule has 0 aliphatic rings. The minimum atomic E-state index is -0.410. The maximum absolute atomic E-state index is 12.4. The van der Waals surface area contributed by atoms with Crippen molar-refractivity contribution in [3.05, 3.63) is 51.5 Å². The van der Waals surface area contributed by atoms with Gasteiger partial charge in [-0.2, -0.15) is 0 Å². The van der Waals surface area contributed by atoms with Gasteiger partial charge in [0, 0.05) is 10.7 Å². The molecule has 0 unspecified atom stereocenters. The molecule has 4 nitrogen and oxygen atoms in total. The number of ether oxygens (including phenoxy) is 1. The summed E-state index contributed by atoms with van der Waals surface area (Å²) in [5.74, 6) is -0.0198. The molecular weight excluding hydrogens is 311 g/mol. The molecule has 0 heterocycles. The summed E-state index contributed by atoms with van der Waals surface area (Å²) in [7, 11) is 1.47. The van der Waals surface area contributed by atoms with Crippen molar-refractivity contribution < 1.29 is 9.53 Å². The maximum Gasteiger partial charge on any atom is 0.261 e. The predicted octanol–water partition coefficient (Wildman–Crippen LogP) is 4.14. The Hall–Kier alpha value is -1.91. The molecule has 0 aromatic heterocycles. The molecule has 3 N–H and O–H groups in total. The van der Waals surface area contributed by atoms with E-state index in [0.717, 1.165) is 5.56 Å². The van der Waals surface area contributed by atoms with Crippen LogP contribution in [0.4, 0.5) is 11.4 Å². The quantitative estimate of drug-likeness (QED) is 0.834. The normalized spacial score (nSPS) is 10.3. The topological polar surface area (TPSA) is 64.3 Å². The summed E-state index contributed by atoms with van der Waals surface area (Å²) < 4.78 is 5.16. The molecule has 0 atom stereocenters. The molecule has 0 bridgehead atoms. The van der Waals surface area contributed by atoms with Gasteiger partial charge in [0.1, 0.15) is 11.3 Å². The van der Waals surface area contributed by atoms with Crippen molar-refractivity contribution >= 4 is 40.5 Å². The second-order valence-electron chi connectivity index (χ2n) is 4.46. The van der Waals surface area contributed by atoms with Crippen LogP contribution < -0.4 is 15.8 Å². The van der Waals surface area contributed by atoms with Gasteiger partial charge in [0.15, 0.2) is 0 Å². The summed E-state index contributed by atoms with van der Waals surface area (Å²) in [6.07, 6.45) is 0. The molecule has 0 aliphatic heterocycles. The van der Waals surface area contributed by atoms with Crippen LogP contribution in [0.3, 0.4) is 0 Å². The standard InChI is InChI=1S/C15H14Cl2N2O2/c1-8-6-10(17)12(7-9(8)16)19-15(20)14-11(18)4-3-5-13(14)21-2/h3-7H,18H2,1-2H3,(H,19,20). The molecular formula is C15H14Cl2N2O2. The van der Waals surface area contributed by atoms with E-state index in [2.05, 4.69) is 5.32 Å². The van der Waals surface area contributed by atoms with Crippen molar-refractivity contribution in [2.45, 2.75) is 6.92 Å². The highest BCUT2D eigenvalue weighted by molar-refractivity contribution is 6.36. The number of amides is 1. The molecule has 1 amide bonds. The highest BCUT2D eigenvalue weighted by Crippen LogP contribution is 2.31. The average Bonchev–Trinajstić information content (AvgIpc) is 2.44. The fourth-order valence-corrected chi connectivity index (χ4v) is 2.32. The Bertz CT molecular complexity index is 702. The molecule has 0 radical (unpaired) electrons. The number of methoxy groups -OCH3 is 1. The van der Waals surface area contributed by atoms with E-state index in [1.165, 1.54) is 7.11 Å². The van der Waals surface area contributed by atoms with Crippen LogP contribution in [0.5, 0.6) is 5.75 Å². The van der Waals surface area contributed by atoms with E-state index < -0.39 is 5.91 Å². The number of halogens is 2. The lowest BCUT2D eigenvalue weighted by molar-refractivity contribution is 0.102. The van der Waals surface area contributed by atoms with Crippen molar-refractivity contribution in [2.75, 3.05) is 18.2 Å². The van der Waals surface area contributed by atoms with Gasteiger partial charge in [0.2, 0.25) is 0 Å². The van der Waals surface area contributed by atoms with E-state index in [4.69, 9.17) is 33.7 Å². The van der Waals surface area contributed by atoms with E-state index in [1.54, 1.807) is 30.3 Å². The number of benzene rings is 2. The minimum absolute atomic E-state index is 0.257. The van der Waals surface area contributed by atoms with Crippen LogP contribution in [0, 0.1) is 6.92 Å². The van der Waals surface area contributed by atoms with Crippen LogP contribution in [0.2, 0.25) is 10.0 Å². The number of carbonyl (C=O) groups is 1. The highest BCUT2D eigenvalue weighted by Gasteiger charge is 2.17. The van der Waals surface area contributed by atoms with Gasteiger partial charge in [-0.25, -0.2) is 0 Å². The first-order valence-corrected chi connectivity index (χ1v) is 6.89. The number of nitrogens with two attached hydrogens (primary N) is 1. The lowest BCUT2D eigenvalue weighted by Crippen LogP contribution is -2.15. The molecule has 0 aliphatic carbocycles. The zero-order chi connectivity index (χ0) is 15.6. The fraction of sp³-hybridized carbons (Fsp3) is 0.133. The van der Waals surface area contributed by atoms with Gasteiger partial charge in [-0.3, -0.25) is 4.79 Å². The zero-order valence-corrected chi connectivity index (χ0v) is 13.0. The number of hydrogen-bond acceptors (Lipinski definition) is 3. The Kier molecular flexibility index (Phi) is 4.60. The van der Waals surface area contributed by atoms with E-state index in [9.17, 15) is 4.79 Å². The van der Waals surface area contributed by atoms with Crippen molar-refractivity contribution in [2.24, 2.45) is 0 Å². The predicted molar refractivity (Wildman–Crippen MR) is 86.6 cm³/mol. The Morgan fingerprint density at radius 2 is 1.95 bits per heavy atom. The Morgan fingerprint density at radius 1 is 1.24 bits per heavy atom. The van der Waals surface area contributed by atoms with Crippen molar-refractivity contribution in [1.29, 1.82) is 0 Å². The van der Waals surface area contributed by atoms with Crippen LogP contribution in [0.1, 0.15) is 15.9 Å². The number of carbonyl (C=O) groups excluding carboxylic acids is 1. The van der Waals surface area contributed by atoms with Gasteiger partial charge >= 0.3 is 0 Å². The van der Waals surface area contributed by atoms with Gasteiger partial charge in [0.25, 0.3) is 5.91 Å². The van der Waals surface area contributed by atoms with Gasteiger partial charge in [-0.15, -0.1) is 0 Å². The summed E-state index contributed by atoms with van der Waals surface area (Å²) in [5.41, 5.74) is 7.67. The smallest absolute Gasteiger partial charge is 0.261 e. The molecule has 0 saturated heterocycles. The molecule has 2 aromatic carbocycles. The number of nitrogen functional groups attached to an aromatic ring is 1. The molecule has 0 saturated carbocycles. The van der Waals surface area contributed by atoms with E-state index in [0.29, 0.717) is 27.2 Å². The lowest BCUT2D eigenvalue weighted by atomic mass is 10.1. The van der Waals surface area contributed by atoms with Gasteiger partial charge in [0.05, 0.1) is 17.8 Å². The lowest BCUT2D eigenvalue weighted by Gasteiger charge is -2.13. The number of hydrogen-bond donors (Lipinski definition) is 2. The SMILES string of the molecule is COc1cccc(N)c1C(=O)Nc1cc(Cl)c(C)cc1Cl. The fourth-order valence-electron chi connectivity index (χ4n) is 1.89. The highest BCUT2D eigenvalue weighted by atomic mass is 35.5. The zero-order valence-electron chi connectivity index (χ0n) is 11.5. The number of aryl methyl sites for hydroxylation is 1. The molecule has 0 fully saturated rings. The van der Waals surface area contributed by atoms with Crippen LogP contribution >= 0.6 is 23.2 Å². The number of anilines is 2. The molecule has 21 heavy (non-hydrogen) atoms. The summed E-state index contributed by atoms with van der Waals surface area (Å²) >= 11 is 12.2. The molecule has 2 rings (SSSR count). The van der Waals surface area contributed by atoms with Crippen LogP contribution in [0.25, 0.3) is 0 Å². The van der Waals surface area contributed by atoms with Crippen LogP contribution in [0.15, 0.2) is 30.3 Å². The second kappa shape index (κ2) is 6.24. The summed E-state index contributed by atoms with van der Waals surface area (Å²) in [5, 5.41) is 3.61. The Morgan fingerprint density at radius 3 is 2.62 bits per heavy atom. The van der Waals surface area contributed by atoms with E-state index in [1.807, 2.05) is 6.92 Å². The third kappa shape index (κ3) is 3.23. The van der Waals surface area contributed by atoms with E-state index in [-0.39, 0.29) is 5.56 Å². The third-order valence-corrected chi connectivity index (χ3v) is 3.72.